The second kappa shape index (κ2) is 8.06. The number of allylic oxidation sites excluding steroid dienone is 3. The number of imidazole rings is 1. The molecule has 8 nitrogen and oxygen atoms in total. The molecule has 4 rings (SSSR count). The molecule has 0 radical (unpaired) electrons. The molecule has 2 heterocycles. The fraction of sp³-hybridized carbons (Fsp3) is 0.286. The summed E-state index contributed by atoms with van der Waals surface area (Å²) in [5, 5.41) is 0. The number of H-pyrrole nitrogens is 1. The van der Waals surface area contributed by atoms with Crippen molar-refractivity contribution in [1.29, 1.82) is 0 Å². The molecule has 1 N–H and O–H groups in total. The molecule has 0 aliphatic heterocycles. The monoisotopic (exact) mass is 448 g/mol. The van der Waals surface area contributed by atoms with Crippen LogP contribution in [0.15, 0.2) is 57.5 Å². The van der Waals surface area contributed by atoms with Crippen molar-refractivity contribution in [3.63, 3.8) is 0 Å². The Kier molecular flexibility index (Phi) is 5.41. The number of rotatable bonds is 5. The number of ether oxygens (including phenoxy) is 2. The maximum absolute atomic E-state index is 12.6. The quantitative estimate of drug-likeness (QED) is 0.647. The Bertz CT molecular complexity index is 1340. The maximum Gasteiger partial charge on any atom is 0.572 e. The lowest BCUT2D eigenvalue weighted by Gasteiger charge is -2.17. The van der Waals surface area contributed by atoms with Crippen molar-refractivity contribution >= 4 is 11.2 Å². The van der Waals surface area contributed by atoms with Crippen LogP contribution in [0.25, 0.3) is 11.2 Å². The van der Waals surface area contributed by atoms with E-state index in [9.17, 15) is 22.8 Å². The Hall–Kier alpha value is -3.76. The first kappa shape index (κ1) is 21.5. The molecule has 168 valence electrons. The second-order valence-electron chi connectivity index (χ2n) is 7.36. The Morgan fingerprint density at radius 3 is 2.59 bits per heavy atom. The highest BCUT2D eigenvalue weighted by atomic mass is 19.4. The van der Waals surface area contributed by atoms with Gasteiger partial charge in [0.25, 0.3) is 5.56 Å². The minimum absolute atomic E-state index is 0.0389. The number of alkyl halides is 3. The number of aromatic amines is 1. The first-order chi connectivity index (χ1) is 15.1. The molecule has 3 aromatic rings. The van der Waals surface area contributed by atoms with Gasteiger partial charge in [-0.05, 0) is 25.0 Å². The van der Waals surface area contributed by atoms with Crippen molar-refractivity contribution in [1.82, 2.24) is 19.1 Å². The highest BCUT2D eigenvalue weighted by molar-refractivity contribution is 5.72. The molecule has 0 saturated carbocycles. The number of aryl methyl sites for hydroxylation is 2. The lowest BCUT2D eigenvalue weighted by Crippen LogP contribution is -2.29. The fourth-order valence-corrected chi connectivity index (χ4v) is 3.37. The largest absolute Gasteiger partial charge is 0.572 e. The van der Waals surface area contributed by atoms with E-state index >= 15 is 0 Å². The molecular weight excluding hydrogens is 429 g/mol. The lowest BCUT2D eigenvalue weighted by atomic mass is 10.1. The molecule has 0 atom stereocenters. The standard InChI is InChI=1S/C21H19F3N4O4/c1-12-6-8-13(9-7-12)11-28-16-17(27(2)19(30)26-18(16)29)25-20(28)31-14-4-3-5-15(10-14)32-21(22,23)24/h4,6-10H,3,5,11H2,1-2H3,(H,26,29,30). The lowest BCUT2D eigenvalue weighted by molar-refractivity contribution is -0.306. The molecule has 0 bridgehead atoms. The summed E-state index contributed by atoms with van der Waals surface area (Å²) in [6.45, 7) is 2.13. The molecule has 0 saturated heterocycles. The van der Waals surface area contributed by atoms with E-state index in [1.807, 2.05) is 31.2 Å². The van der Waals surface area contributed by atoms with Crippen LogP contribution in [0.5, 0.6) is 6.01 Å². The van der Waals surface area contributed by atoms with Crippen LogP contribution >= 0.6 is 0 Å². The summed E-state index contributed by atoms with van der Waals surface area (Å²) in [5.74, 6) is -0.196. The zero-order valence-corrected chi connectivity index (χ0v) is 17.2. The number of halogens is 3. The van der Waals surface area contributed by atoms with Gasteiger partial charge in [0.15, 0.2) is 11.2 Å². The number of nitrogens with one attached hydrogen (secondary N) is 1. The van der Waals surface area contributed by atoms with Crippen molar-refractivity contribution in [2.75, 3.05) is 0 Å². The summed E-state index contributed by atoms with van der Waals surface area (Å²) in [7, 11) is 1.45. The predicted octanol–water partition coefficient (Wildman–Crippen LogP) is 3.26. The van der Waals surface area contributed by atoms with Crippen LogP contribution < -0.4 is 16.0 Å². The first-order valence-electron chi connectivity index (χ1n) is 9.70. The van der Waals surface area contributed by atoms with Crippen molar-refractivity contribution < 1.29 is 22.6 Å². The zero-order valence-electron chi connectivity index (χ0n) is 17.2. The van der Waals surface area contributed by atoms with Crippen molar-refractivity contribution in [3.8, 4) is 6.01 Å². The molecule has 2 aromatic heterocycles. The van der Waals surface area contributed by atoms with Gasteiger partial charge in [-0.3, -0.25) is 18.9 Å². The molecular formula is C21H19F3N4O4. The average molecular weight is 448 g/mol. The van der Waals surface area contributed by atoms with Crippen LogP contribution in [-0.4, -0.2) is 25.5 Å². The van der Waals surface area contributed by atoms with Crippen molar-refractivity contribution in [2.24, 2.45) is 7.05 Å². The van der Waals surface area contributed by atoms with Crippen LogP contribution in [0.1, 0.15) is 24.0 Å². The van der Waals surface area contributed by atoms with E-state index in [2.05, 4.69) is 14.7 Å². The van der Waals surface area contributed by atoms with E-state index < -0.39 is 17.6 Å². The molecule has 32 heavy (non-hydrogen) atoms. The fourth-order valence-electron chi connectivity index (χ4n) is 3.37. The Morgan fingerprint density at radius 2 is 1.91 bits per heavy atom. The Labute approximate surface area is 179 Å². The molecule has 1 aliphatic carbocycles. The van der Waals surface area contributed by atoms with Gasteiger partial charge in [0, 0.05) is 19.5 Å². The third-order valence-corrected chi connectivity index (χ3v) is 4.93. The van der Waals surface area contributed by atoms with Crippen molar-refractivity contribution in [3.05, 3.63) is 79.9 Å². The van der Waals surface area contributed by atoms with Gasteiger partial charge in [-0.15, -0.1) is 13.2 Å². The molecule has 1 aliphatic rings. The maximum atomic E-state index is 12.6. The summed E-state index contributed by atoms with van der Waals surface area (Å²) in [4.78, 5) is 31.1. The number of hydrogen-bond acceptors (Lipinski definition) is 5. The number of hydrogen-bond donors (Lipinski definition) is 1. The molecule has 0 fully saturated rings. The number of aromatic nitrogens is 4. The number of benzene rings is 1. The number of nitrogens with zero attached hydrogens (tertiary/aromatic N) is 3. The van der Waals surface area contributed by atoms with E-state index in [0.717, 1.165) is 17.2 Å². The SMILES string of the molecule is Cc1ccc(Cn2c(OC3=CCCC(OC(F)(F)F)=C3)nc3c2c(=O)[nH]c(=O)n3C)cc1. The van der Waals surface area contributed by atoms with Gasteiger partial charge in [-0.25, -0.2) is 4.79 Å². The van der Waals surface area contributed by atoms with Gasteiger partial charge in [0.1, 0.15) is 11.5 Å². The van der Waals surface area contributed by atoms with Gasteiger partial charge in [0.2, 0.25) is 0 Å². The molecule has 0 spiro atoms. The first-order valence-corrected chi connectivity index (χ1v) is 9.70. The van der Waals surface area contributed by atoms with E-state index in [1.54, 1.807) is 6.08 Å². The molecule has 1 aromatic carbocycles. The van der Waals surface area contributed by atoms with Gasteiger partial charge in [0.05, 0.1) is 6.54 Å². The molecule has 11 heteroatoms. The third-order valence-electron chi connectivity index (χ3n) is 4.93. The van der Waals surface area contributed by atoms with E-state index in [1.165, 1.54) is 16.2 Å². The zero-order chi connectivity index (χ0) is 23.0. The van der Waals surface area contributed by atoms with Crippen LogP contribution in [0.2, 0.25) is 0 Å². The summed E-state index contributed by atoms with van der Waals surface area (Å²) < 4.78 is 50.2. The van der Waals surface area contributed by atoms with E-state index in [-0.39, 0.29) is 48.1 Å². The second-order valence-corrected chi connectivity index (χ2v) is 7.36. The molecule has 0 unspecified atom stereocenters. The van der Waals surface area contributed by atoms with E-state index in [4.69, 9.17) is 4.74 Å². The van der Waals surface area contributed by atoms with Crippen LogP contribution in [0, 0.1) is 6.92 Å². The van der Waals surface area contributed by atoms with Crippen LogP contribution in [-0.2, 0) is 18.3 Å². The van der Waals surface area contributed by atoms with Crippen LogP contribution in [0.3, 0.4) is 0 Å². The average Bonchev–Trinajstić information content (AvgIpc) is 3.05. The van der Waals surface area contributed by atoms with Gasteiger partial charge in [-0.1, -0.05) is 29.8 Å². The van der Waals surface area contributed by atoms with Gasteiger partial charge >= 0.3 is 18.1 Å². The highest BCUT2D eigenvalue weighted by Crippen LogP contribution is 2.29. The third kappa shape index (κ3) is 4.46. The van der Waals surface area contributed by atoms with E-state index in [0.29, 0.717) is 0 Å². The summed E-state index contributed by atoms with van der Waals surface area (Å²) >= 11 is 0. The minimum Gasteiger partial charge on any atom is -0.426 e. The Morgan fingerprint density at radius 1 is 1.19 bits per heavy atom. The van der Waals surface area contributed by atoms with Crippen molar-refractivity contribution in [2.45, 2.75) is 32.7 Å². The smallest absolute Gasteiger partial charge is 0.426 e. The Balaban J connectivity index is 1.78. The van der Waals surface area contributed by atoms with Crippen LogP contribution in [0.4, 0.5) is 13.2 Å². The topological polar surface area (TPSA) is 91.1 Å². The van der Waals surface area contributed by atoms with Gasteiger partial charge in [-0.2, -0.15) is 4.98 Å². The summed E-state index contributed by atoms with van der Waals surface area (Å²) in [5.41, 5.74) is 0.791. The minimum atomic E-state index is -4.81. The number of fused-ring (bicyclic) bond motifs is 1. The normalized spacial score (nSPS) is 14.3. The highest BCUT2D eigenvalue weighted by Gasteiger charge is 2.32. The van der Waals surface area contributed by atoms with Gasteiger partial charge < -0.3 is 9.47 Å². The molecule has 0 amide bonds. The summed E-state index contributed by atoms with van der Waals surface area (Å²) in [6, 6.07) is 7.51. The summed E-state index contributed by atoms with van der Waals surface area (Å²) in [6.07, 6.45) is -1.73. The predicted molar refractivity (Wildman–Crippen MR) is 109 cm³/mol.